The molecule has 19 heteroatoms. The molecule has 4 heterocycles. The number of anilines is 3. The normalized spacial score (nSPS) is 18.5. The van der Waals surface area contributed by atoms with E-state index in [1.807, 2.05) is 0 Å². The molecule has 2 aromatic heterocycles. The highest BCUT2D eigenvalue weighted by atomic mass is 32.2. The third-order valence-corrected chi connectivity index (χ3v) is 9.22. The molecule has 1 fully saturated rings. The minimum absolute atomic E-state index is 0.0102. The monoisotopic (exact) mass is 650 g/mol. The Balaban J connectivity index is 1.54. The largest absolute Gasteiger partial charge is 0.478 e. The van der Waals surface area contributed by atoms with Gasteiger partial charge in [0.25, 0.3) is 11.8 Å². The number of allylic oxidation sites excluding steroid dienone is 1. The second-order valence-electron chi connectivity index (χ2n) is 9.61. The van der Waals surface area contributed by atoms with Crippen LogP contribution in [0.2, 0.25) is 0 Å². The Morgan fingerprint density at radius 2 is 2.05 bits per heavy atom. The average Bonchev–Trinajstić information content (AvgIpc) is 3.36. The first kappa shape index (κ1) is 31.6. The lowest BCUT2D eigenvalue weighted by molar-refractivity contribution is -0.713. The van der Waals surface area contributed by atoms with Gasteiger partial charge in [0.15, 0.2) is 10.8 Å². The molecular weight excluding hydrogens is 623 g/mol. The summed E-state index contributed by atoms with van der Waals surface area (Å²) in [7, 11) is 0. The number of carbonyl (C=O) groups excluding carboxylic acids is 2. The molecule has 2 aliphatic rings. The number of oxime groups is 1. The molecule has 2 amide bonds. The fourth-order valence-corrected chi connectivity index (χ4v) is 6.99. The maximum atomic E-state index is 13.2. The number of hydrogen-bond acceptors (Lipinski definition) is 14. The van der Waals surface area contributed by atoms with Crippen LogP contribution in [0.25, 0.3) is 0 Å². The van der Waals surface area contributed by atoms with Gasteiger partial charge in [-0.15, -0.1) is 23.1 Å². The Labute approximate surface area is 257 Å². The fraction of sp³-hybridized carbons (Fsp3) is 0.333. The number of carboxylic acid groups (broad SMARTS) is 2. The third kappa shape index (κ3) is 6.52. The van der Waals surface area contributed by atoms with E-state index in [1.54, 1.807) is 10.6 Å². The zero-order chi connectivity index (χ0) is 31.6. The Morgan fingerprint density at radius 1 is 1.33 bits per heavy atom. The van der Waals surface area contributed by atoms with Gasteiger partial charge in [0.05, 0.1) is 12.6 Å². The third-order valence-electron chi connectivity index (χ3n) is 6.15. The van der Waals surface area contributed by atoms with E-state index in [9.17, 15) is 29.4 Å². The zero-order valence-electron chi connectivity index (χ0n) is 22.8. The summed E-state index contributed by atoms with van der Waals surface area (Å²) in [6.45, 7) is 6.54. The van der Waals surface area contributed by atoms with E-state index in [0.29, 0.717) is 23.1 Å². The van der Waals surface area contributed by atoms with Gasteiger partial charge in [0, 0.05) is 16.9 Å². The minimum Gasteiger partial charge on any atom is -0.478 e. The van der Waals surface area contributed by atoms with E-state index in [-0.39, 0.29) is 33.8 Å². The van der Waals surface area contributed by atoms with E-state index in [0.717, 1.165) is 16.2 Å². The van der Waals surface area contributed by atoms with Crippen molar-refractivity contribution in [2.45, 2.75) is 42.6 Å². The summed E-state index contributed by atoms with van der Waals surface area (Å²) in [5, 5.41) is 26.9. The maximum Gasteiger partial charge on any atom is 0.352 e. The van der Waals surface area contributed by atoms with Gasteiger partial charge in [0.1, 0.15) is 22.8 Å². The number of nitrogen functional groups attached to an aromatic ring is 3. The van der Waals surface area contributed by atoms with Gasteiger partial charge in [0.2, 0.25) is 17.2 Å². The van der Waals surface area contributed by atoms with Crippen molar-refractivity contribution in [3.8, 4) is 0 Å². The van der Waals surface area contributed by atoms with Gasteiger partial charge in [-0.2, -0.15) is 0 Å². The van der Waals surface area contributed by atoms with E-state index in [4.69, 9.17) is 22.0 Å². The molecule has 1 unspecified atom stereocenters. The van der Waals surface area contributed by atoms with Crippen LogP contribution < -0.4 is 27.1 Å². The summed E-state index contributed by atoms with van der Waals surface area (Å²) >= 11 is 3.49. The Morgan fingerprint density at radius 3 is 2.65 bits per heavy atom. The predicted molar refractivity (Wildman–Crippen MR) is 160 cm³/mol. The molecule has 0 aliphatic carbocycles. The van der Waals surface area contributed by atoms with Crippen LogP contribution in [-0.2, 0) is 30.6 Å². The first-order chi connectivity index (χ1) is 20.2. The molecule has 0 radical (unpaired) electrons. The van der Waals surface area contributed by atoms with Gasteiger partial charge in [-0.3, -0.25) is 14.5 Å². The van der Waals surface area contributed by atoms with Crippen LogP contribution in [-0.4, -0.2) is 83.1 Å². The zero-order valence-corrected chi connectivity index (χ0v) is 25.3. The second kappa shape index (κ2) is 12.5. The Kier molecular flexibility index (Phi) is 9.16. The molecule has 0 spiro atoms. The number of aromatic nitrogens is 3. The van der Waals surface area contributed by atoms with Crippen molar-refractivity contribution >= 4 is 81.1 Å². The highest BCUT2D eigenvalue weighted by Gasteiger charge is 2.54. The second-order valence-corrected chi connectivity index (χ2v) is 12.5. The van der Waals surface area contributed by atoms with E-state index in [1.165, 1.54) is 48.8 Å². The first-order valence-corrected chi connectivity index (χ1v) is 15.3. The van der Waals surface area contributed by atoms with Gasteiger partial charge in [-0.1, -0.05) is 22.8 Å². The number of aliphatic carboxylic acids is 2. The molecule has 4 rings (SSSR count). The molecule has 2 atom stereocenters. The Bertz CT molecular complexity index is 1570. The fourth-order valence-electron chi connectivity index (χ4n) is 3.92. The number of rotatable bonds is 12. The van der Waals surface area contributed by atoms with Crippen LogP contribution in [0.1, 0.15) is 19.5 Å². The minimum atomic E-state index is -1.78. The summed E-state index contributed by atoms with van der Waals surface area (Å²) in [6.07, 6.45) is 1.63. The highest BCUT2D eigenvalue weighted by molar-refractivity contribution is 8.01. The lowest BCUT2D eigenvalue weighted by Crippen LogP contribution is -2.71. The number of nitrogens with two attached hydrogens (primary N) is 3. The van der Waals surface area contributed by atoms with Crippen molar-refractivity contribution in [3.05, 3.63) is 41.1 Å². The molecule has 16 nitrogen and oxygen atoms in total. The number of hydrogen-bond donors (Lipinski definition) is 6. The van der Waals surface area contributed by atoms with Gasteiger partial charge >= 0.3 is 17.1 Å². The summed E-state index contributed by atoms with van der Waals surface area (Å²) in [5.74, 6) is -3.19. The number of β-lactam (4-membered cyclic amide) rings is 1. The van der Waals surface area contributed by atoms with Crippen LogP contribution in [0.15, 0.2) is 45.7 Å². The molecule has 9 N–H and O–H groups in total. The van der Waals surface area contributed by atoms with Crippen LogP contribution in [0, 0.1) is 0 Å². The molecule has 2 aliphatic heterocycles. The Hall–Kier alpha value is -4.36. The number of carbonyl (C=O) groups is 4. The smallest absolute Gasteiger partial charge is 0.352 e. The average molecular weight is 651 g/mol. The lowest BCUT2D eigenvalue weighted by Gasteiger charge is -2.49. The van der Waals surface area contributed by atoms with Gasteiger partial charge in [-0.05, 0) is 31.2 Å². The summed E-state index contributed by atoms with van der Waals surface area (Å²) in [6, 6.07) is 0.405. The molecule has 0 bridgehead atoms. The van der Waals surface area contributed by atoms with Crippen LogP contribution in [0.4, 0.5) is 16.8 Å². The van der Waals surface area contributed by atoms with Crippen molar-refractivity contribution < 1.29 is 38.8 Å². The van der Waals surface area contributed by atoms with Crippen molar-refractivity contribution in [3.63, 3.8) is 0 Å². The van der Waals surface area contributed by atoms with Gasteiger partial charge < -0.3 is 37.6 Å². The van der Waals surface area contributed by atoms with Crippen molar-refractivity contribution in [1.82, 2.24) is 20.2 Å². The van der Waals surface area contributed by atoms with Crippen molar-refractivity contribution in [1.29, 1.82) is 0 Å². The number of fused-ring (bicyclic) bond motifs is 1. The summed E-state index contributed by atoms with van der Waals surface area (Å²) in [5.41, 5.74) is 15.7. The number of amides is 2. The molecule has 0 saturated carbocycles. The molecule has 0 aromatic carbocycles. The molecule has 1 saturated heterocycles. The van der Waals surface area contributed by atoms with Crippen LogP contribution in [0.3, 0.4) is 0 Å². The number of nitrogens with zero attached hydrogens (tertiary/aromatic N) is 5. The molecule has 228 valence electrons. The standard InChI is InChI=1S/C24H27N9O7S3/c1-4-5-32-13(26)6-12(25)29-23(32)43-8-10-7-41-19-15(18(35)33(19)16(10)20(36)37)30-17(34)14(11-9-42-22(27)28-11)31-40-24(2,3)21(38)39/h4,6,9,15,19H,1,5,7-8H2,2-3H3,(H8,25,26,27,28,30,34,36,37,38,39)/p+1/b31-14-/t15?,19-/m1/s1. The van der Waals surface area contributed by atoms with E-state index >= 15 is 0 Å². The van der Waals surface area contributed by atoms with Crippen LogP contribution in [0.5, 0.6) is 0 Å². The van der Waals surface area contributed by atoms with E-state index in [2.05, 4.69) is 27.0 Å². The number of nitrogens with one attached hydrogen (secondary N) is 1. The number of thiazole rings is 1. The molecule has 43 heavy (non-hydrogen) atoms. The molecule has 2 aromatic rings. The van der Waals surface area contributed by atoms with Crippen molar-refractivity contribution in [2.75, 3.05) is 28.7 Å². The van der Waals surface area contributed by atoms with Gasteiger partial charge in [-0.25, -0.2) is 19.1 Å². The topological polar surface area (TPSA) is 253 Å². The predicted octanol–water partition coefficient (Wildman–Crippen LogP) is -0.127. The van der Waals surface area contributed by atoms with Crippen molar-refractivity contribution in [2.24, 2.45) is 5.16 Å². The first-order valence-electron chi connectivity index (χ1n) is 12.4. The molecular formula is C24H28N9O7S3+. The maximum absolute atomic E-state index is 13.2. The van der Waals surface area contributed by atoms with Crippen LogP contribution >= 0.6 is 34.9 Å². The van der Waals surface area contributed by atoms with E-state index < -0.39 is 46.5 Å². The summed E-state index contributed by atoms with van der Waals surface area (Å²) in [4.78, 5) is 64.8. The SMILES string of the molecule is C=CC[n+]1c(N)cc(N)nc1SCC1=C(C(=O)O)N2C(=O)C(NC(=O)/C(=N\OC(C)(C)C(=O)O)c3csc(N)n3)[C@H]2SC1. The number of thioether (sulfide) groups is 2. The quantitative estimate of drug-likeness (QED) is 0.0333. The summed E-state index contributed by atoms with van der Waals surface area (Å²) < 4.78 is 1.67. The highest BCUT2D eigenvalue weighted by Crippen LogP contribution is 2.41. The lowest BCUT2D eigenvalue weighted by atomic mass is 10.0. The number of carboxylic acids is 2.